The summed E-state index contributed by atoms with van der Waals surface area (Å²) in [5.41, 5.74) is -0.0885. The maximum Gasteiger partial charge on any atom is 0.339 e. The summed E-state index contributed by atoms with van der Waals surface area (Å²) in [7, 11) is 0. The molecule has 4 heteroatoms. The van der Waals surface area contributed by atoms with Gasteiger partial charge in [-0.1, -0.05) is 28.1 Å². The van der Waals surface area contributed by atoms with Crippen LogP contribution in [0.25, 0.3) is 10.8 Å². The van der Waals surface area contributed by atoms with Gasteiger partial charge in [-0.25, -0.2) is 4.79 Å². The van der Waals surface area contributed by atoms with Crippen LogP contribution < -0.4 is 0 Å². The quantitative estimate of drug-likeness (QED) is 0.834. The Hall–Kier alpha value is -1.55. The predicted molar refractivity (Wildman–Crippen MR) is 60.3 cm³/mol. The topological polar surface area (TPSA) is 57.5 Å². The lowest BCUT2D eigenvalue weighted by Crippen LogP contribution is -1.96. The summed E-state index contributed by atoms with van der Waals surface area (Å²) in [4.78, 5) is 10.8. The molecule has 0 aliphatic carbocycles. The van der Waals surface area contributed by atoms with Gasteiger partial charge in [0.15, 0.2) is 0 Å². The van der Waals surface area contributed by atoms with E-state index in [2.05, 4.69) is 15.9 Å². The third-order valence-electron chi connectivity index (χ3n) is 2.17. The second-order valence-electron chi connectivity index (χ2n) is 3.14. The average molecular weight is 267 g/mol. The summed E-state index contributed by atoms with van der Waals surface area (Å²) >= 11 is 3.33. The zero-order valence-electron chi connectivity index (χ0n) is 7.57. The van der Waals surface area contributed by atoms with Crippen LogP contribution in [0.5, 0.6) is 5.75 Å². The maximum atomic E-state index is 10.8. The van der Waals surface area contributed by atoms with Crippen molar-refractivity contribution in [1.82, 2.24) is 0 Å². The Morgan fingerprint density at radius 2 is 2.00 bits per heavy atom. The molecule has 0 fully saturated rings. The van der Waals surface area contributed by atoms with Crippen molar-refractivity contribution in [2.75, 3.05) is 0 Å². The Morgan fingerprint density at radius 3 is 2.67 bits per heavy atom. The van der Waals surface area contributed by atoms with Gasteiger partial charge >= 0.3 is 5.97 Å². The highest BCUT2D eigenvalue weighted by atomic mass is 79.9. The van der Waals surface area contributed by atoms with Crippen LogP contribution in [0.15, 0.2) is 34.8 Å². The molecule has 0 aromatic heterocycles. The van der Waals surface area contributed by atoms with Crippen molar-refractivity contribution in [2.24, 2.45) is 0 Å². The van der Waals surface area contributed by atoms with Crippen LogP contribution in [0.3, 0.4) is 0 Å². The minimum absolute atomic E-state index is 0.0885. The van der Waals surface area contributed by atoms with Gasteiger partial charge in [0.25, 0.3) is 0 Å². The molecule has 0 aliphatic heterocycles. The van der Waals surface area contributed by atoms with E-state index < -0.39 is 5.97 Å². The van der Waals surface area contributed by atoms with E-state index in [1.54, 1.807) is 0 Å². The van der Waals surface area contributed by atoms with Gasteiger partial charge in [0.1, 0.15) is 11.3 Å². The molecule has 0 heterocycles. The smallest absolute Gasteiger partial charge is 0.339 e. The first kappa shape index (κ1) is 9.98. The molecule has 0 atom stereocenters. The number of hydrogen-bond donors (Lipinski definition) is 2. The van der Waals surface area contributed by atoms with Crippen molar-refractivity contribution < 1.29 is 15.0 Å². The van der Waals surface area contributed by atoms with E-state index in [0.29, 0.717) is 0 Å². The zero-order chi connectivity index (χ0) is 11.0. The molecule has 2 aromatic rings. The van der Waals surface area contributed by atoms with E-state index >= 15 is 0 Å². The Labute approximate surface area is 94.1 Å². The normalized spacial score (nSPS) is 10.5. The second-order valence-corrected chi connectivity index (χ2v) is 3.99. The van der Waals surface area contributed by atoms with Crippen molar-refractivity contribution in [2.45, 2.75) is 0 Å². The standard InChI is InChI=1S/C11H7BrO3/c12-9-3-1-2-6-4-10(13)8(11(14)15)5-7(6)9/h1-5,13H,(H,14,15). The van der Waals surface area contributed by atoms with Gasteiger partial charge in [-0.2, -0.15) is 0 Å². The number of aromatic carboxylic acids is 1. The lowest BCUT2D eigenvalue weighted by Gasteiger charge is -2.04. The Morgan fingerprint density at radius 1 is 1.27 bits per heavy atom. The lowest BCUT2D eigenvalue weighted by atomic mass is 10.1. The molecule has 3 nitrogen and oxygen atoms in total. The maximum absolute atomic E-state index is 10.8. The molecule has 0 saturated heterocycles. The van der Waals surface area contributed by atoms with Gasteiger partial charge in [-0.3, -0.25) is 0 Å². The summed E-state index contributed by atoms with van der Waals surface area (Å²) in [6.07, 6.45) is 0. The number of benzene rings is 2. The number of fused-ring (bicyclic) bond motifs is 1. The fourth-order valence-electron chi connectivity index (χ4n) is 1.45. The number of rotatable bonds is 1. The van der Waals surface area contributed by atoms with Crippen LogP contribution in [0.1, 0.15) is 10.4 Å². The average Bonchev–Trinajstić information content (AvgIpc) is 2.16. The number of carboxylic acids is 1. The molecule has 15 heavy (non-hydrogen) atoms. The van der Waals surface area contributed by atoms with Gasteiger partial charge < -0.3 is 10.2 Å². The van der Waals surface area contributed by atoms with E-state index in [1.807, 2.05) is 18.2 Å². The molecule has 0 saturated carbocycles. The van der Waals surface area contributed by atoms with E-state index in [-0.39, 0.29) is 11.3 Å². The first-order chi connectivity index (χ1) is 7.09. The first-order valence-electron chi connectivity index (χ1n) is 4.24. The molecular weight excluding hydrogens is 260 g/mol. The number of hydrogen-bond acceptors (Lipinski definition) is 2. The molecular formula is C11H7BrO3. The molecule has 0 unspecified atom stereocenters. The molecule has 0 aliphatic rings. The van der Waals surface area contributed by atoms with Crippen molar-refractivity contribution in [3.8, 4) is 5.75 Å². The highest BCUT2D eigenvalue weighted by Crippen LogP contribution is 2.29. The van der Waals surface area contributed by atoms with Gasteiger partial charge in [-0.05, 0) is 29.0 Å². The lowest BCUT2D eigenvalue weighted by molar-refractivity contribution is 0.0694. The molecule has 0 bridgehead atoms. The van der Waals surface area contributed by atoms with Gasteiger partial charge in [-0.15, -0.1) is 0 Å². The van der Waals surface area contributed by atoms with Crippen molar-refractivity contribution in [1.29, 1.82) is 0 Å². The number of carboxylic acid groups (broad SMARTS) is 1. The molecule has 0 spiro atoms. The highest BCUT2D eigenvalue weighted by molar-refractivity contribution is 9.10. The monoisotopic (exact) mass is 266 g/mol. The van der Waals surface area contributed by atoms with Crippen LogP contribution in [0, 0.1) is 0 Å². The largest absolute Gasteiger partial charge is 0.507 e. The van der Waals surface area contributed by atoms with Gasteiger partial charge in [0, 0.05) is 4.47 Å². The van der Waals surface area contributed by atoms with Crippen LogP contribution in [-0.4, -0.2) is 16.2 Å². The number of phenols is 1. The van der Waals surface area contributed by atoms with E-state index in [9.17, 15) is 9.90 Å². The summed E-state index contributed by atoms with van der Waals surface area (Å²) in [5, 5.41) is 19.9. The van der Waals surface area contributed by atoms with Crippen LogP contribution in [-0.2, 0) is 0 Å². The second kappa shape index (κ2) is 3.55. The molecule has 2 N–H and O–H groups in total. The van der Waals surface area contributed by atoms with Crippen LogP contribution in [0.2, 0.25) is 0 Å². The Kier molecular flexibility index (Phi) is 2.36. The van der Waals surface area contributed by atoms with Gasteiger partial charge in [0.2, 0.25) is 0 Å². The fourth-order valence-corrected chi connectivity index (χ4v) is 1.94. The number of carbonyl (C=O) groups is 1. The number of aromatic hydroxyl groups is 1. The summed E-state index contributed by atoms with van der Waals surface area (Å²) < 4.78 is 0.808. The van der Waals surface area contributed by atoms with Crippen LogP contribution in [0.4, 0.5) is 0 Å². The van der Waals surface area contributed by atoms with Crippen molar-refractivity contribution in [3.05, 3.63) is 40.4 Å². The minimum atomic E-state index is -1.13. The molecule has 0 radical (unpaired) electrons. The zero-order valence-corrected chi connectivity index (χ0v) is 9.15. The summed E-state index contributed by atoms with van der Waals surface area (Å²) in [6.45, 7) is 0. The Balaban J connectivity index is 2.83. The van der Waals surface area contributed by atoms with E-state index in [0.717, 1.165) is 15.2 Å². The fraction of sp³-hybridized carbons (Fsp3) is 0. The Bertz CT molecular complexity index is 549. The summed E-state index contributed by atoms with van der Waals surface area (Å²) in [6, 6.07) is 8.36. The number of halogens is 1. The van der Waals surface area contributed by atoms with Gasteiger partial charge in [0.05, 0.1) is 0 Å². The van der Waals surface area contributed by atoms with Crippen LogP contribution >= 0.6 is 15.9 Å². The molecule has 0 amide bonds. The molecule has 2 rings (SSSR count). The van der Waals surface area contributed by atoms with E-state index in [1.165, 1.54) is 12.1 Å². The minimum Gasteiger partial charge on any atom is -0.507 e. The molecule has 76 valence electrons. The van der Waals surface area contributed by atoms with Crippen molar-refractivity contribution >= 4 is 32.7 Å². The van der Waals surface area contributed by atoms with Crippen molar-refractivity contribution in [3.63, 3.8) is 0 Å². The molecule has 2 aromatic carbocycles. The third kappa shape index (κ3) is 1.68. The van der Waals surface area contributed by atoms with E-state index in [4.69, 9.17) is 5.11 Å². The predicted octanol–water partition coefficient (Wildman–Crippen LogP) is 3.01. The first-order valence-corrected chi connectivity index (χ1v) is 5.03. The highest BCUT2D eigenvalue weighted by Gasteiger charge is 2.11. The third-order valence-corrected chi connectivity index (χ3v) is 2.87. The SMILES string of the molecule is O=C(O)c1cc2c(Br)cccc2cc1O. The summed E-state index contributed by atoms with van der Waals surface area (Å²) in [5.74, 6) is -1.35.